The molecule has 0 saturated heterocycles. The van der Waals surface area contributed by atoms with Crippen molar-refractivity contribution >= 4 is 10.8 Å². The molecule has 3 aromatic rings. The van der Waals surface area contributed by atoms with Gasteiger partial charge >= 0.3 is 0 Å². The Morgan fingerprint density at radius 1 is 0.917 bits per heavy atom. The minimum Gasteiger partial charge on any atom is -0.508 e. The standard InChI is InChI=1S/C19H19NO4/c1-22-17-9-12(10-18(23-2)19(17)24-3)8-16-15-5-4-14(21)11-13(15)6-7-20-16/h4-7,9-11,21H,8H2,1-3H3. The summed E-state index contributed by atoms with van der Waals surface area (Å²) < 4.78 is 16.2. The van der Waals surface area contributed by atoms with Gasteiger partial charge in [0.1, 0.15) is 5.75 Å². The predicted molar refractivity (Wildman–Crippen MR) is 92.3 cm³/mol. The van der Waals surface area contributed by atoms with E-state index in [4.69, 9.17) is 14.2 Å². The van der Waals surface area contributed by atoms with Gasteiger partial charge < -0.3 is 19.3 Å². The summed E-state index contributed by atoms with van der Waals surface area (Å²) in [5.74, 6) is 2.04. The molecule has 3 rings (SSSR count). The highest BCUT2D eigenvalue weighted by molar-refractivity contribution is 5.85. The van der Waals surface area contributed by atoms with Crippen LogP contribution >= 0.6 is 0 Å². The van der Waals surface area contributed by atoms with Crippen molar-refractivity contribution in [2.45, 2.75) is 6.42 Å². The van der Waals surface area contributed by atoms with E-state index in [9.17, 15) is 5.11 Å². The fourth-order valence-corrected chi connectivity index (χ4v) is 2.80. The van der Waals surface area contributed by atoms with Crippen LogP contribution in [0.4, 0.5) is 0 Å². The number of phenolic OH excluding ortho intramolecular Hbond substituents is 1. The first kappa shape index (κ1) is 15.9. The maximum Gasteiger partial charge on any atom is 0.203 e. The molecule has 124 valence electrons. The third kappa shape index (κ3) is 2.93. The molecule has 0 unspecified atom stereocenters. The lowest BCUT2D eigenvalue weighted by molar-refractivity contribution is 0.324. The SMILES string of the molecule is COc1cc(Cc2nccc3cc(O)ccc23)cc(OC)c1OC. The number of nitrogens with zero attached hydrogens (tertiary/aromatic N) is 1. The van der Waals surface area contributed by atoms with E-state index in [0.29, 0.717) is 23.7 Å². The molecule has 0 saturated carbocycles. The Kier molecular flexibility index (Phi) is 4.42. The van der Waals surface area contributed by atoms with Crippen LogP contribution in [0.5, 0.6) is 23.0 Å². The number of aromatic nitrogens is 1. The maximum absolute atomic E-state index is 9.64. The topological polar surface area (TPSA) is 60.8 Å². The van der Waals surface area contributed by atoms with Gasteiger partial charge in [-0.2, -0.15) is 0 Å². The van der Waals surface area contributed by atoms with Gasteiger partial charge in [-0.15, -0.1) is 0 Å². The first-order valence-electron chi connectivity index (χ1n) is 7.51. The summed E-state index contributed by atoms with van der Waals surface area (Å²) in [5.41, 5.74) is 1.92. The summed E-state index contributed by atoms with van der Waals surface area (Å²) in [7, 11) is 4.78. The van der Waals surface area contributed by atoms with E-state index in [1.807, 2.05) is 24.3 Å². The largest absolute Gasteiger partial charge is 0.508 e. The number of methoxy groups -OCH3 is 3. The number of pyridine rings is 1. The molecule has 0 amide bonds. The van der Waals surface area contributed by atoms with Gasteiger partial charge in [0.15, 0.2) is 11.5 Å². The molecule has 24 heavy (non-hydrogen) atoms. The van der Waals surface area contributed by atoms with Gasteiger partial charge in [0.05, 0.1) is 27.0 Å². The first-order valence-corrected chi connectivity index (χ1v) is 7.51. The smallest absolute Gasteiger partial charge is 0.203 e. The van der Waals surface area contributed by atoms with Crippen LogP contribution in [0.3, 0.4) is 0 Å². The van der Waals surface area contributed by atoms with Crippen LogP contribution < -0.4 is 14.2 Å². The number of ether oxygens (including phenoxy) is 3. The van der Waals surface area contributed by atoms with E-state index >= 15 is 0 Å². The summed E-state index contributed by atoms with van der Waals surface area (Å²) in [6, 6.07) is 11.0. The Morgan fingerprint density at radius 2 is 1.62 bits per heavy atom. The Morgan fingerprint density at radius 3 is 2.25 bits per heavy atom. The van der Waals surface area contributed by atoms with Gasteiger partial charge in [0, 0.05) is 18.0 Å². The third-order valence-electron chi connectivity index (χ3n) is 3.93. The number of fused-ring (bicyclic) bond motifs is 1. The van der Waals surface area contributed by atoms with Gasteiger partial charge in [-0.05, 0) is 47.3 Å². The van der Waals surface area contributed by atoms with Crippen molar-refractivity contribution in [3.63, 3.8) is 0 Å². The fourth-order valence-electron chi connectivity index (χ4n) is 2.80. The van der Waals surface area contributed by atoms with Crippen molar-refractivity contribution in [3.8, 4) is 23.0 Å². The number of rotatable bonds is 5. The molecule has 1 aromatic heterocycles. The van der Waals surface area contributed by atoms with Crippen LogP contribution in [-0.2, 0) is 6.42 Å². The van der Waals surface area contributed by atoms with E-state index in [1.54, 1.807) is 39.7 Å². The van der Waals surface area contributed by atoms with Gasteiger partial charge in [0.2, 0.25) is 5.75 Å². The zero-order chi connectivity index (χ0) is 17.1. The molecule has 1 heterocycles. The van der Waals surface area contributed by atoms with E-state index in [-0.39, 0.29) is 5.75 Å². The van der Waals surface area contributed by atoms with Crippen molar-refractivity contribution in [1.29, 1.82) is 0 Å². The van der Waals surface area contributed by atoms with Crippen molar-refractivity contribution in [1.82, 2.24) is 4.98 Å². The van der Waals surface area contributed by atoms with Gasteiger partial charge in [-0.1, -0.05) is 0 Å². The first-order chi connectivity index (χ1) is 11.7. The molecule has 0 fully saturated rings. The maximum atomic E-state index is 9.64. The Balaban J connectivity index is 2.05. The zero-order valence-electron chi connectivity index (χ0n) is 13.9. The molecule has 0 atom stereocenters. The third-order valence-corrected chi connectivity index (χ3v) is 3.93. The molecule has 5 heteroatoms. The van der Waals surface area contributed by atoms with E-state index < -0.39 is 0 Å². The second-order valence-corrected chi connectivity index (χ2v) is 5.37. The number of hydrogen-bond donors (Lipinski definition) is 1. The summed E-state index contributed by atoms with van der Waals surface area (Å²) >= 11 is 0. The highest BCUT2D eigenvalue weighted by Crippen LogP contribution is 2.39. The lowest BCUT2D eigenvalue weighted by Gasteiger charge is -2.14. The minimum atomic E-state index is 0.243. The van der Waals surface area contributed by atoms with Crippen molar-refractivity contribution in [2.24, 2.45) is 0 Å². The zero-order valence-corrected chi connectivity index (χ0v) is 13.9. The van der Waals surface area contributed by atoms with Crippen LogP contribution in [0, 0.1) is 0 Å². The van der Waals surface area contributed by atoms with Crippen molar-refractivity contribution in [2.75, 3.05) is 21.3 Å². The second-order valence-electron chi connectivity index (χ2n) is 5.37. The lowest BCUT2D eigenvalue weighted by Crippen LogP contribution is -1.99. The quantitative estimate of drug-likeness (QED) is 0.777. The number of phenols is 1. The molecule has 0 bridgehead atoms. The summed E-state index contributed by atoms with van der Waals surface area (Å²) in [4.78, 5) is 4.49. The molecule has 0 aliphatic heterocycles. The minimum absolute atomic E-state index is 0.243. The van der Waals surface area contributed by atoms with Crippen LogP contribution in [0.25, 0.3) is 10.8 Å². The molecule has 0 spiro atoms. The molecule has 0 aliphatic carbocycles. The van der Waals surface area contributed by atoms with E-state index in [0.717, 1.165) is 22.0 Å². The Bertz CT molecular complexity index is 851. The highest BCUT2D eigenvalue weighted by Gasteiger charge is 2.14. The van der Waals surface area contributed by atoms with E-state index in [2.05, 4.69) is 4.98 Å². The summed E-state index contributed by atoms with van der Waals surface area (Å²) in [5, 5.41) is 11.6. The monoisotopic (exact) mass is 325 g/mol. The van der Waals surface area contributed by atoms with Crippen molar-refractivity contribution in [3.05, 3.63) is 53.9 Å². The molecule has 0 aliphatic rings. The summed E-state index contributed by atoms with van der Waals surface area (Å²) in [6.07, 6.45) is 2.36. The van der Waals surface area contributed by atoms with Crippen LogP contribution in [0.15, 0.2) is 42.6 Å². The lowest BCUT2D eigenvalue weighted by atomic mass is 10.0. The van der Waals surface area contributed by atoms with Crippen LogP contribution in [0.2, 0.25) is 0 Å². The Labute approximate surface area is 140 Å². The fraction of sp³-hybridized carbons (Fsp3) is 0.211. The van der Waals surface area contributed by atoms with E-state index in [1.165, 1.54) is 0 Å². The van der Waals surface area contributed by atoms with Crippen LogP contribution in [-0.4, -0.2) is 31.4 Å². The van der Waals surface area contributed by atoms with Gasteiger partial charge in [-0.25, -0.2) is 0 Å². The normalized spacial score (nSPS) is 10.6. The summed E-state index contributed by atoms with van der Waals surface area (Å²) in [6.45, 7) is 0. The molecular formula is C19H19NO4. The number of hydrogen-bond acceptors (Lipinski definition) is 5. The van der Waals surface area contributed by atoms with Gasteiger partial charge in [0.25, 0.3) is 0 Å². The number of benzene rings is 2. The van der Waals surface area contributed by atoms with Gasteiger partial charge in [-0.3, -0.25) is 4.98 Å². The highest BCUT2D eigenvalue weighted by atomic mass is 16.5. The Hall–Kier alpha value is -2.95. The molecule has 0 radical (unpaired) electrons. The molecular weight excluding hydrogens is 306 g/mol. The molecule has 2 aromatic carbocycles. The van der Waals surface area contributed by atoms with Crippen LogP contribution in [0.1, 0.15) is 11.3 Å². The average molecular weight is 325 g/mol. The van der Waals surface area contributed by atoms with Crippen molar-refractivity contribution < 1.29 is 19.3 Å². The second kappa shape index (κ2) is 6.66. The predicted octanol–water partition coefficient (Wildman–Crippen LogP) is 3.56. The average Bonchev–Trinajstić information content (AvgIpc) is 2.60. The molecule has 1 N–H and O–H groups in total. The molecule has 5 nitrogen and oxygen atoms in total. The number of aromatic hydroxyl groups is 1.